The van der Waals surface area contributed by atoms with Crippen molar-refractivity contribution in [2.24, 2.45) is 0 Å². The van der Waals surface area contributed by atoms with Gasteiger partial charge in [0.25, 0.3) is 0 Å². The Hall–Kier alpha value is -2.27. The van der Waals surface area contributed by atoms with Gasteiger partial charge in [0.2, 0.25) is 0 Å². The summed E-state index contributed by atoms with van der Waals surface area (Å²) in [5.74, 6) is 2.67. The highest BCUT2D eigenvalue weighted by Gasteiger charge is 2.04. The minimum atomic E-state index is -0.459. The summed E-state index contributed by atoms with van der Waals surface area (Å²) in [4.78, 5) is 0. The molecule has 0 spiro atoms. The van der Waals surface area contributed by atoms with Crippen molar-refractivity contribution in [3.63, 3.8) is 0 Å². The maximum absolute atomic E-state index is 13.5. The molecule has 0 aliphatic heterocycles. The number of benzene rings is 2. The first-order valence-corrected chi connectivity index (χ1v) is 4.78. The third-order valence-corrected chi connectivity index (χ3v) is 2.07. The summed E-state index contributed by atoms with van der Waals surface area (Å²) in [6, 6.07) is 13.5. The molecule has 0 radical (unpaired) electrons. The van der Waals surface area contributed by atoms with Gasteiger partial charge in [-0.2, -0.15) is 0 Å². The van der Waals surface area contributed by atoms with Crippen LogP contribution >= 0.6 is 0 Å². The predicted molar refractivity (Wildman–Crippen MR) is 60.9 cm³/mol. The molecule has 0 amide bonds. The standard InChI is InChI=1S/C14H9FO/c1-2-11-8-9-14(13(15)10-11)16-12-6-4-3-5-7-12/h1,3-10H. The molecule has 0 N–H and O–H groups in total. The third kappa shape index (κ3) is 2.21. The van der Waals surface area contributed by atoms with Crippen LogP contribution in [0.5, 0.6) is 11.5 Å². The van der Waals surface area contributed by atoms with Crippen LogP contribution in [0.15, 0.2) is 48.5 Å². The molecule has 2 rings (SSSR count). The zero-order chi connectivity index (χ0) is 11.4. The normalized spacial score (nSPS) is 9.50. The monoisotopic (exact) mass is 212 g/mol. The van der Waals surface area contributed by atoms with Crippen molar-refractivity contribution in [2.75, 3.05) is 0 Å². The van der Waals surface area contributed by atoms with Gasteiger partial charge in [-0.3, -0.25) is 0 Å². The molecule has 0 heterocycles. The highest BCUT2D eigenvalue weighted by molar-refractivity contribution is 5.39. The Kier molecular flexibility index (Phi) is 2.88. The third-order valence-electron chi connectivity index (χ3n) is 2.07. The van der Waals surface area contributed by atoms with Crippen LogP contribution in [-0.4, -0.2) is 0 Å². The van der Waals surface area contributed by atoms with E-state index in [4.69, 9.17) is 11.2 Å². The molecule has 16 heavy (non-hydrogen) atoms. The molecule has 0 atom stereocenters. The van der Waals surface area contributed by atoms with Crippen molar-refractivity contribution in [1.29, 1.82) is 0 Å². The second-order valence-corrected chi connectivity index (χ2v) is 3.20. The van der Waals surface area contributed by atoms with Gasteiger partial charge in [-0.25, -0.2) is 4.39 Å². The van der Waals surface area contributed by atoms with Crippen molar-refractivity contribution in [3.05, 3.63) is 59.9 Å². The smallest absolute Gasteiger partial charge is 0.166 e. The van der Waals surface area contributed by atoms with Crippen LogP contribution in [0.4, 0.5) is 4.39 Å². The molecule has 78 valence electrons. The molecule has 2 aromatic rings. The van der Waals surface area contributed by atoms with Crippen LogP contribution in [0, 0.1) is 18.2 Å². The number of halogens is 1. The quantitative estimate of drug-likeness (QED) is 0.691. The molecule has 0 aliphatic rings. The Morgan fingerprint density at radius 1 is 1.06 bits per heavy atom. The summed E-state index contributed by atoms with van der Waals surface area (Å²) in [7, 11) is 0. The van der Waals surface area contributed by atoms with E-state index in [-0.39, 0.29) is 5.75 Å². The number of hydrogen-bond acceptors (Lipinski definition) is 1. The zero-order valence-corrected chi connectivity index (χ0v) is 8.48. The summed E-state index contributed by atoms with van der Waals surface area (Å²) >= 11 is 0. The first-order valence-electron chi connectivity index (χ1n) is 4.78. The number of rotatable bonds is 2. The first kappa shape index (κ1) is 10.3. The van der Waals surface area contributed by atoms with Gasteiger partial charge in [-0.05, 0) is 30.3 Å². The lowest BCUT2D eigenvalue weighted by molar-refractivity contribution is 0.442. The van der Waals surface area contributed by atoms with Gasteiger partial charge in [0, 0.05) is 5.56 Å². The van der Waals surface area contributed by atoms with Crippen LogP contribution in [0.2, 0.25) is 0 Å². The molecule has 0 unspecified atom stereocenters. The zero-order valence-electron chi connectivity index (χ0n) is 8.48. The molecule has 0 saturated carbocycles. The van der Waals surface area contributed by atoms with E-state index in [1.54, 1.807) is 18.2 Å². The lowest BCUT2D eigenvalue weighted by Crippen LogP contribution is -1.88. The van der Waals surface area contributed by atoms with E-state index < -0.39 is 5.82 Å². The Bertz CT molecular complexity index is 526. The van der Waals surface area contributed by atoms with Gasteiger partial charge in [0.1, 0.15) is 5.75 Å². The maximum Gasteiger partial charge on any atom is 0.166 e. The SMILES string of the molecule is C#Cc1ccc(Oc2ccccc2)c(F)c1. The largest absolute Gasteiger partial charge is 0.454 e. The van der Waals surface area contributed by atoms with E-state index in [9.17, 15) is 4.39 Å². The highest BCUT2D eigenvalue weighted by Crippen LogP contribution is 2.24. The number of para-hydroxylation sites is 1. The Balaban J connectivity index is 2.27. The number of ether oxygens (including phenoxy) is 1. The fourth-order valence-electron chi connectivity index (χ4n) is 1.29. The van der Waals surface area contributed by atoms with Gasteiger partial charge in [0.15, 0.2) is 11.6 Å². The second-order valence-electron chi connectivity index (χ2n) is 3.20. The summed E-state index contributed by atoms with van der Waals surface area (Å²) in [5, 5.41) is 0. The van der Waals surface area contributed by atoms with E-state index in [1.807, 2.05) is 18.2 Å². The van der Waals surface area contributed by atoms with E-state index >= 15 is 0 Å². The number of hydrogen-bond donors (Lipinski definition) is 0. The number of terminal acetylenes is 1. The van der Waals surface area contributed by atoms with Crippen LogP contribution < -0.4 is 4.74 Å². The Morgan fingerprint density at radius 2 is 1.81 bits per heavy atom. The topological polar surface area (TPSA) is 9.23 Å². The molecular weight excluding hydrogens is 203 g/mol. The molecule has 1 nitrogen and oxygen atoms in total. The second kappa shape index (κ2) is 4.50. The minimum Gasteiger partial charge on any atom is -0.454 e. The van der Waals surface area contributed by atoms with Crippen molar-refractivity contribution in [1.82, 2.24) is 0 Å². The minimum absolute atomic E-state index is 0.171. The van der Waals surface area contributed by atoms with Crippen LogP contribution in [0.1, 0.15) is 5.56 Å². The predicted octanol–water partition coefficient (Wildman–Crippen LogP) is 3.60. The van der Waals surface area contributed by atoms with E-state index in [2.05, 4.69) is 5.92 Å². The summed E-state index contributed by atoms with van der Waals surface area (Å²) in [5.41, 5.74) is 0.498. The molecule has 0 aliphatic carbocycles. The Labute approximate surface area is 93.5 Å². The average molecular weight is 212 g/mol. The fraction of sp³-hybridized carbons (Fsp3) is 0. The average Bonchev–Trinajstić information content (AvgIpc) is 2.33. The lowest BCUT2D eigenvalue weighted by Gasteiger charge is -2.06. The highest BCUT2D eigenvalue weighted by atomic mass is 19.1. The molecular formula is C14H9FO. The van der Waals surface area contributed by atoms with Gasteiger partial charge in [-0.1, -0.05) is 24.1 Å². The summed E-state index contributed by atoms with van der Waals surface area (Å²) < 4.78 is 18.9. The van der Waals surface area contributed by atoms with Gasteiger partial charge < -0.3 is 4.74 Å². The summed E-state index contributed by atoms with van der Waals surface area (Å²) in [6.45, 7) is 0. The first-order chi connectivity index (χ1) is 7.79. The van der Waals surface area contributed by atoms with Crippen molar-refractivity contribution < 1.29 is 9.13 Å². The van der Waals surface area contributed by atoms with Crippen LogP contribution in [-0.2, 0) is 0 Å². The van der Waals surface area contributed by atoms with Crippen molar-refractivity contribution in [3.8, 4) is 23.8 Å². The fourth-order valence-corrected chi connectivity index (χ4v) is 1.29. The molecule has 0 fully saturated rings. The molecule has 2 aromatic carbocycles. The van der Waals surface area contributed by atoms with Gasteiger partial charge in [0.05, 0.1) is 0 Å². The molecule has 2 heteroatoms. The van der Waals surface area contributed by atoms with E-state index in [1.165, 1.54) is 12.1 Å². The maximum atomic E-state index is 13.5. The van der Waals surface area contributed by atoms with Crippen molar-refractivity contribution in [2.45, 2.75) is 0 Å². The molecule has 0 saturated heterocycles. The lowest BCUT2D eigenvalue weighted by atomic mass is 10.2. The van der Waals surface area contributed by atoms with Gasteiger partial charge in [-0.15, -0.1) is 6.42 Å². The molecule has 0 aromatic heterocycles. The van der Waals surface area contributed by atoms with E-state index in [0.717, 1.165) is 0 Å². The molecule has 0 bridgehead atoms. The van der Waals surface area contributed by atoms with E-state index in [0.29, 0.717) is 11.3 Å². The summed E-state index contributed by atoms with van der Waals surface area (Å²) in [6.07, 6.45) is 5.16. The van der Waals surface area contributed by atoms with Crippen LogP contribution in [0.3, 0.4) is 0 Å². The van der Waals surface area contributed by atoms with Crippen LogP contribution in [0.25, 0.3) is 0 Å². The Morgan fingerprint density at radius 3 is 2.44 bits per heavy atom. The van der Waals surface area contributed by atoms with Gasteiger partial charge >= 0.3 is 0 Å². The van der Waals surface area contributed by atoms with Crippen molar-refractivity contribution >= 4 is 0 Å².